The zero-order valence-corrected chi connectivity index (χ0v) is 16.6. The van der Waals surface area contributed by atoms with Gasteiger partial charge in [-0.25, -0.2) is 0 Å². The van der Waals surface area contributed by atoms with Gasteiger partial charge in [0.25, 0.3) is 0 Å². The number of fused-ring (bicyclic) bond motifs is 2. The average molecular weight is 367 g/mol. The fraction of sp³-hybridized carbons (Fsp3) is 0.435. The van der Waals surface area contributed by atoms with Gasteiger partial charge in [0, 0.05) is 12.6 Å². The maximum Gasteiger partial charge on any atom is 0.200 e. The third kappa shape index (κ3) is 4.33. The summed E-state index contributed by atoms with van der Waals surface area (Å²) >= 11 is 0. The molecule has 0 fully saturated rings. The van der Waals surface area contributed by atoms with Crippen LogP contribution >= 0.6 is 0 Å². The SMILES string of the molecule is CCCCc1cccc2c(=O)c3ccc(OCCN(CC)CC)cc3oc12. The summed E-state index contributed by atoms with van der Waals surface area (Å²) in [6.07, 6.45) is 3.11. The molecular weight excluding hydrogens is 338 g/mol. The Balaban J connectivity index is 1.93. The highest BCUT2D eigenvalue weighted by Gasteiger charge is 2.12. The van der Waals surface area contributed by atoms with E-state index in [9.17, 15) is 4.79 Å². The van der Waals surface area contributed by atoms with Crippen LogP contribution in [0.1, 0.15) is 39.2 Å². The Kier molecular flexibility index (Phi) is 6.51. The van der Waals surface area contributed by atoms with E-state index in [-0.39, 0.29) is 5.43 Å². The summed E-state index contributed by atoms with van der Waals surface area (Å²) < 4.78 is 12.1. The summed E-state index contributed by atoms with van der Waals surface area (Å²) in [5.74, 6) is 0.739. The van der Waals surface area contributed by atoms with Gasteiger partial charge in [-0.2, -0.15) is 0 Å². The van der Waals surface area contributed by atoms with Crippen molar-refractivity contribution in [3.8, 4) is 5.75 Å². The lowest BCUT2D eigenvalue weighted by Crippen LogP contribution is -2.27. The topological polar surface area (TPSA) is 42.7 Å². The quantitative estimate of drug-likeness (QED) is 0.499. The number of rotatable bonds is 9. The summed E-state index contributed by atoms with van der Waals surface area (Å²) in [4.78, 5) is 15.2. The Hall–Kier alpha value is -2.33. The molecule has 0 aliphatic rings. The van der Waals surface area contributed by atoms with Crippen molar-refractivity contribution in [3.63, 3.8) is 0 Å². The minimum absolute atomic E-state index is 0.0271. The van der Waals surface area contributed by atoms with Gasteiger partial charge in [-0.1, -0.05) is 39.3 Å². The first-order chi connectivity index (χ1) is 13.2. The van der Waals surface area contributed by atoms with Crippen LogP contribution in [-0.4, -0.2) is 31.1 Å². The molecule has 0 radical (unpaired) electrons. The lowest BCUT2D eigenvalue weighted by molar-refractivity contribution is 0.223. The Morgan fingerprint density at radius 1 is 1.04 bits per heavy atom. The van der Waals surface area contributed by atoms with Crippen LogP contribution < -0.4 is 10.2 Å². The van der Waals surface area contributed by atoms with Gasteiger partial charge < -0.3 is 14.1 Å². The van der Waals surface area contributed by atoms with Gasteiger partial charge in [-0.3, -0.25) is 4.79 Å². The molecule has 0 unspecified atom stereocenters. The predicted molar refractivity (Wildman–Crippen MR) is 112 cm³/mol. The fourth-order valence-electron chi connectivity index (χ4n) is 3.40. The lowest BCUT2D eigenvalue weighted by Gasteiger charge is -2.18. The molecule has 3 rings (SSSR count). The zero-order chi connectivity index (χ0) is 19.2. The predicted octanol–water partition coefficient (Wildman–Crippen LogP) is 5.01. The highest BCUT2D eigenvalue weighted by molar-refractivity contribution is 5.91. The Morgan fingerprint density at radius 2 is 1.85 bits per heavy atom. The highest BCUT2D eigenvalue weighted by Crippen LogP contribution is 2.25. The van der Waals surface area contributed by atoms with Crippen molar-refractivity contribution in [2.24, 2.45) is 0 Å². The number of unbranched alkanes of at least 4 members (excludes halogenated alkanes) is 1. The van der Waals surface area contributed by atoms with Gasteiger partial charge in [0.1, 0.15) is 23.5 Å². The molecule has 144 valence electrons. The monoisotopic (exact) mass is 367 g/mol. The van der Waals surface area contributed by atoms with Crippen molar-refractivity contribution in [1.29, 1.82) is 0 Å². The Bertz CT molecular complexity index is 957. The molecule has 0 amide bonds. The van der Waals surface area contributed by atoms with Gasteiger partial charge in [-0.15, -0.1) is 0 Å². The summed E-state index contributed by atoms with van der Waals surface area (Å²) in [5.41, 5.74) is 2.43. The second-order valence-corrected chi connectivity index (χ2v) is 6.86. The molecule has 0 N–H and O–H groups in total. The number of para-hydroxylation sites is 1. The number of hydrogen-bond donors (Lipinski definition) is 0. The zero-order valence-electron chi connectivity index (χ0n) is 16.6. The first-order valence-corrected chi connectivity index (χ1v) is 10.0. The van der Waals surface area contributed by atoms with Gasteiger partial charge in [0.05, 0.1) is 10.8 Å². The van der Waals surface area contributed by atoms with E-state index in [4.69, 9.17) is 9.15 Å². The van der Waals surface area contributed by atoms with E-state index in [0.717, 1.165) is 50.2 Å². The molecule has 0 saturated heterocycles. The van der Waals surface area contributed by atoms with E-state index in [1.165, 1.54) is 0 Å². The van der Waals surface area contributed by atoms with E-state index in [0.29, 0.717) is 28.5 Å². The van der Waals surface area contributed by atoms with Crippen LogP contribution in [0.4, 0.5) is 0 Å². The second-order valence-electron chi connectivity index (χ2n) is 6.86. The smallest absolute Gasteiger partial charge is 0.200 e. The van der Waals surface area contributed by atoms with Crippen LogP contribution in [0.15, 0.2) is 45.6 Å². The summed E-state index contributed by atoms with van der Waals surface area (Å²) in [5, 5.41) is 1.26. The highest BCUT2D eigenvalue weighted by atomic mass is 16.5. The van der Waals surface area contributed by atoms with Crippen molar-refractivity contribution in [2.75, 3.05) is 26.2 Å². The second kappa shape index (κ2) is 9.05. The number of aryl methyl sites for hydroxylation is 1. The standard InChI is InChI=1S/C23H29NO3/c1-4-7-9-17-10-8-11-20-22(25)19-13-12-18(16-21(19)27-23(17)20)26-15-14-24(5-2)6-3/h8,10-13,16H,4-7,9,14-15H2,1-3H3. The third-order valence-corrected chi connectivity index (χ3v) is 5.12. The molecule has 4 heteroatoms. The first kappa shape index (κ1) is 19.4. The molecule has 1 aromatic heterocycles. The van der Waals surface area contributed by atoms with Crippen LogP contribution in [0, 0.1) is 0 Å². The van der Waals surface area contributed by atoms with Gasteiger partial charge in [0.15, 0.2) is 0 Å². The van der Waals surface area contributed by atoms with E-state index < -0.39 is 0 Å². The normalized spacial score (nSPS) is 11.6. The molecule has 0 aliphatic carbocycles. The number of nitrogens with zero attached hydrogens (tertiary/aromatic N) is 1. The summed E-state index contributed by atoms with van der Waals surface area (Å²) in [6, 6.07) is 11.4. The first-order valence-electron chi connectivity index (χ1n) is 10.0. The minimum Gasteiger partial charge on any atom is -0.492 e. The summed E-state index contributed by atoms with van der Waals surface area (Å²) in [7, 11) is 0. The summed E-state index contributed by atoms with van der Waals surface area (Å²) in [6.45, 7) is 9.99. The number of hydrogen-bond acceptors (Lipinski definition) is 4. The van der Waals surface area contributed by atoms with Gasteiger partial charge >= 0.3 is 0 Å². The lowest BCUT2D eigenvalue weighted by atomic mass is 10.0. The van der Waals surface area contributed by atoms with Crippen molar-refractivity contribution >= 4 is 21.9 Å². The van der Waals surface area contributed by atoms with E-state index in [2.05, 4.69) is 31.7 Å². The third-order valence-electron chi connectivity index (χ3n) is 5.12. The molecule has 0 saturated carbocycles. The molecule has 0 atom stereocenters. The van der Waals surface area contributed by atoms with E-state index in [1.54, 1.807) is 0 Å². The number of ether oxygens (including phenoxy) is 1. The van der Waals surface area contributed by atoms with Crippen LogP contribution in [0.5, 0.6) is 5.75 Å². The maximum absolute atomic E-state index is 12.9. The van der Waals surface area contributed by atoms with E-state index >= 15 is 0 Å². The Morgan fingerprint density at radius 3 is 2.59 bits per heavy atom. The minimum atomic E-state index is 0.0271. The van der Waals surface area contributed by atoms with Gasteiger partial charge in [-0.05, 0) is 49.7 Å². The van der Waals surface area contributed by atoms with E-state index in [1.807, 2.05) is 30.3 Å². The largest absolute Gasteiger partial charge is 0.492 e. The van der Waals surface area contributed by atoms with Gasteiger partial charge in [0.2, 0.25) is 5.43 Å². The van der Waals surface area contributed by atoms with Crippen molar-refractivity contribution in [3.05, 3.63) is 52.2 Å². The average Bonchev–Trinajstić information content (AvgIpc) is 2.70. The van der Waals surface area contributed by atoms with Crippen molar-refractivity contribution < 1.29 is 9.15 Å². The molecule has 0 spiro atoms. The molecule has 3 aromatic rings. The fourth-order valence-corrected chi connectivity index (χ4v) is 3.40. The molecule has 2 aromatic carbocycles. The molecule has 4 nitrogen and oxygen atoms in total. The number of benzene rings is 2. The van der Waals surface area contributed by atoms with Crippen molar-refractivity contribution in [1.82, 2.24) is 4.90 Å². The molecule has 0 aliphatic heterocycles. The molecule has 1 heterocycles. The maximum atomic E-state index is 12.9. The molecule has 27 heavy (non-hydrogen) atoms. The molecular formula is C23H29NO3. The van der Waals surface area contributed by atoms with Crippen LogP contribution in [0.2, 0.25) is 0 Å². The van der Waals surface area contributed by atoms with Crippen LogP contribution in [0.25, 0.3) is 21.9 Å². The van der Waals surface area contributed by atoms with Crippen LogP contribution in [-0.2, 0) is 6.42 Å². The van der Waals surface area contributed by atoms with Crippen LogP contribution in [0.3, 0.4) is 0 Å². The Labute approximate surface area is 160 Å². The molecule has 0 bridgehead atoms. The number of likely N-dealkylation sites (N-methyl/N-ethyl adjacent to an activating group) is 1. The van der Waals surface area contributed by atoms with Crippen molar-refractivity contribution in [2.45, 2.75) is 40.0 Å².